The van der Waals surface area contributed by atoms with Gasteiger partial charge in [-0.25, -0.2) is 12.8 Å². The van der Waals surface area contributed by atoms with E-state index in [0.29, 0.717) is 6.42 Å². The molecule has 0 aromatic heterocycles. The molecule has 0 heterocycles. The van der Waals surface area contributed by atoms with Crippen LogP contribution in [0.2, 0.25) is 0 Å². The van der Waals surface area contributed by atoms with Crippen molar-refractivity contribution in [3.63, 3.8) is 0 Å². The van der Waals surface area contributed by atoms with Crippen LogP contribution in [0.25, 0.3) is 0 Å². The first-order valence-corrected chi connectivity index (χ1v) is 8.65. The molecule has 1 amide bonds. The predicted octanol–water partition coefficient (Wildman–Crippen LogP) is 3.06. The Hall–Kier alpha value is -1.14. The van der Waals surface area contributed by atoms with E-state index in [1.807, 2.05) is 13.8 Å². The maximum atomic E-state index is 13.6. The van der Waals surface area contributed by atoms with Gasteiger partial charge in [0.05, 0.1) is 10.5 Å². The molecule has 0 aliphatic carbocycles. The van der Waals surface area contributed by atoms with Crippen molar-refractivity contribution in [2.75, 3.05) is 0 Å². The Bertz CT molecular complexity index is 589. The quantitative estimate of drug-likeness (QED) is 0.819. The molecule has 0 saturated carbocycles. The van der Waals surface area contributed by atoms with E-state index >= 15 is 0 Å². The van der Waals surface area contributed by atoms with Crippen molar-refractivity contribution in [2.24, 2.45) is 0 Å². The lowest BCUT2D eigenvalue weighted by Gasteiger charge is -2.16. The Morgan fingerprint density at radius 1 is 1.40 bits per heavy atom. The van der Waals surface area contributed by atoms with Crippen molar-refractivity contribution in [3.05, 3.63) is 29.6 Å². The molecular formula is C13H17ClFNO3S. The maximum Gasteiger partial charge on any atom is 0.261 e. The number of carbonyl (C=O) groups excluding carboxylic acids is 1. The van der Waals surface area contributed by atoms with E-state index in [-0.39, 0.29) is 16.5 Å². The van der Waals surface area contributed by atoms with Crippen LogP contribution in [0.3, 0.4) is 0 Å². The first kappa shape index (κ1) is 16.9. The van der Waals surface area contributed by atoms with Gasteiger partial charge in [0.2, 0.25) is 0 Å². The first-order chi connectivity index (χ1) is 9.29. The van der Waals surface area contributed by atoms with E-state index in [1.165, 1.54) is 0 Å². The summed E-state index contributed by atoms with van der Waals surface area (Å²) in [6.07, 6.45) is 2.38. The zero-order chi connectivity index (χ0) is 15.3. The smallest absolute Gasteiger partial charge is 0.261 e. The molecular weight excluding hydrogens is 305 g/mol. The minimum atomic E-state index is -3.99. The van der Waals surface area contributed by atoms with E-state index in [0.717, 1.165) is 31.0 Å². The zero-order valence-electron chi connectivity index (χ0n) is 11.3. The van der Waals surface area contributed by atoms with Gasteiger partial charge in [-0.05, 0) is 31.0 Å². The second-order valence-corrected chi connectivity index (χ2v) is 7.01. The Morgan fingerprint density at radius 2 is 2.05 bits per heavy atom. The molecule has 1 rings (SSSR count). The molecule has 0 saturated heterocycles. The SMILES string of the molecule is CCCC(CC)NC(=O)c1cc(S(=O)(=O)Cl)ccc1F. The van der Waals surface area contributed by atoms with Crippen LogP contribution in [0, 0.1) is 5.82 Å². The molecule has 0 bridgehead atoms. The molecule has 4 nitrogen and oxygen atoms in total. The summed E-state index contributed by atoms with van der Waals surface area (Å²) in [5.41, 5.74) is -0.318. The molecule has 1 aromatic carbocycles. The van der Waals surface area contributed by atoms with Gasteiger partial charge in [-0.1, -0.05) is 20.3 Å². The molecule has 0 fully saturated rings. The zero-order valence-corrected chi connectivity index (χ0v) is 12.9. The fraction of sp³-hybridized carbons (Fsp3) is 0.462. The summed E-state index contributed by atoms with van der Waals surface area (Å²) in [6, 6.07) is 2.83. The molecule has 1 aromatic rings. The fourth-order valence-electron chi connectivity index (χ4n) is 1.82. The Balaban J connectivity index is 3.03. The van der Waals surface area contributed by atoms with E-state index in [2.05, 4.69) is 5.32 Å². The van der Waals surface area contributed by atoms with Crippen molar-refractivity contribution < 1.29 is 17.6 Å². The van der Waals surface area contributed by atoms with Gasteiger partial charge in [-0.15, -0.1) is 0 Å². The highest BCUT2D eigenvalue weighted by atomic mass is 35.7. The number of carbonyl (C=O) groups is 1. The third-order valence-electron chi connectivity index (χ3n) is 2.93. The van der Waals surface area contributed by atoms with Gasteiger partial charge in [-0.3, -0.25) is 4.79 Å². The Labute approximate surface area is 122 Å². The van der Waals surface area contributed by atoms with Crippen LogP contribution in [0.5, 0.6) is 0 Å². The van der Waals surface area contributed by atoms with Crippen molar-refractivity contribution >= 4 is 25.6 Å². The molecule has 0 aliphatic rings. The molecule has 1 N–H and O–H groups in total. The van der Waals surface area contributed by atoms with E-state index in [9.17, 15) is 17.6 Å². The average molecular weight is 322 g/mol. The van der Waals surface area contributed by atoms with Crippen LogP contribution >= 0.6 is 10.7 Å². The van der Waals surface area contributed by atoms with Crippen molar-refractivity contribution in [1.82, 2.24) is 5.32 Å². The Morgan fingerprint density at radius 3 is 2.55 bits per heavy atom. The average Bonchev–Trinajstić information content (AvgIpc) is 2.37. The van der Waals surface area contributed by atoms with Gasteiger partial charge in [0.25, 0.3) is 15.0 Å². The number of halogens is 2. The highest BCUT2D eigenvalue weighted by Gasteiger charge is 2.19. The molecule has 1 atom stereocenters. The fourth-order valence-corrected chi connectivity index (χ4v) is 2.60. The molecule has 7 heteroatoms. The van der Waals surface area contributed by atoms with Gasteiger partial charge in [-0.2, -0.15) is 0 Å². The van der Waals surface area contributed by atoms with Gasteiger partial charge >= 0.3 is 0 Å². The number of hydrogen-bond acceptors (Lipinski definition) is 3. The lowest BCUT2D eigenvalue weighted by molar-refractivity contribution is 0.0929. The summed E-state index contributed by atoms with van der Waals surface area (Å²) < 4.78 is 36.1. The van der Waals surface area contributed by atoms with Gasteiger partial charge in [0, 0.05) is 16.7 Å². The summed E-state index contributed by atoms with van der Waals surface area (Å²) in [5.74, 6) is -1.41. The number of rotatable bonds is 6. The number of nitrogens with one attached hydrogen (secondary N) is 1. The molecule has 0 spiro atoms. The topological polar surface area (TPSA) is 63.2 Å². The largest absolute Gasteiger partial charge is 0.349 e. The third-order valence-corrected chi connectivity index (χ3v) is 4.28. The van der Waals surface area contributed by atoms with E-state index < -0.39 is 20.8 Å². The second kappa shape index (κ2) is 7.04. The van der Waals surface area contributed by atoms with Gasteiger partial charge in [0.1, 0.15) is 5.82 Å². The van der Waals surface area contributed by atoms with Gasteiger partial charge < -0.3 is 5.32 Å². The van der Waals surface area contributed by atoms with Crippen LogP contribution in [0.4, 0.5) is 4.39 Å². The van der Waals surface area contributed by atoms with Crippen LogP contribution < -0.4 is 5.32 Å². The third kappa shape index (κ3) is 4.45. The molecule has 0 radical (unpaired) electrons. The van der Waals surface area contributed by atoms with Crippen LogP contribution in [0.1, 0.15) is 43.5 Å². The number of benzene rings is 1. The summed E-state index contributed by atoms with van der Waals surface area (Å²) in [6.45, 7) is 3.90. The van der Waals surface area contributed by atoms with Crippen LogP contribution in [-0.4, -0.2) is 20.4 Å². The minimum absolute atomic E-state index is 0.0665. The summed E-state index contributed by atoms with van der Waals surface area (Å²) in [5, 5.41) is 2.69. The summed E-state index contributed by atoms with van der Waals surface area (Å²) in [4.78, 5) is 11.7. The van der Waals surface area contributed by atoms with Gasteiger partial charge in [0.15, 0.2) is 0 Å². The summed E-state index contributed by atoms with van der Waals surface area (Å²) in [7, 11) is 1.19. The standard InChI is InChI=1S/C13H17ClFNO3S/c1-3-5-9(4-2)16-13(17)11-8-10(20(14,18)19)6-7-12(11)15/h6-9H,3-5H2,1-2H3,(H,16,17). The van der Waals surface area contributed by atoms with Crippen LogP contribution in [-0.2, 0) is 9.05 Å². The number of hydrogen-bond donors (Lipinski definition) is 1. The molecule has 112 valence electrons. The van der Waals surface area contributed by atoms with Crippen molar-refractivity contribution in [3.8, 4) is 0 Å². The minimum Gasteiger partial charge on any atom is -0.349 e. The van der Waals surface area contributed by atoms with Crippen molar-refractivity contribution in [1.29, 1.82) is 0 Å². The van der Waals surface area contributed by atoms with E-state index in [1.54, 1.807) is 0 Å². The molecule has 20 heavy (non-hydrogen) atoms. The second-order valence-electron chi connectivity index (χ2n) is 4.45. The lowest BCUT2D eigenvalue weighted by atomic mass is 10.1. The van der Waals surface area contributed by atoms with Crippen molar-refractivity contribution in [2.45, 2.75) is 44.0 Å². The highest BCUT2D eigenvalue weighted by Crippen LogP contribution is 2.19. The maximum absolute atomic E-state index is 13.6. The van der Waals surface area contributed by atoms with E-state index in [4.69, 9.17) is 10.7 Å². The lowest BCUT2D eigenvalue weighted by Crippen LogP contribution is -2.34. The normalized spacial score (nSPS) is 13.0. The first-order valence-electron chi connectivity index (χ1n) is 6.34. The number of amides is 1. The highest BCUT2D eigenvalue weighted by molar-refractivity contribution is 8.13. The Kier molecular flexibility index (Phi) is 5.95. The summed E-state index contributed by atoms with van der Waals surface area (Å²) >= 11 is 0. The molecule has 1 unspecified atom stereocenters. The van der Waals surface area contributed by atoms with Crippen LogP contribution in [0.15, 0.2) is 23.1 Å². The molecule has 0 aliphatic heterocycles. The monoisotopic (exact) mass is 321 g/mol. The predicted molar refractivity (Wildman–Crippen MR) is 75.9 cm³/mol.